The van der Waals surface area contributed by atoms with Crippen molar-refractivity contribution in [1.82, 2.24) is 30.2 Å². The van der Waals surface area contributed by atoms with Crippen molar-refractivity contribution in [3.8, 4) is 10.4 Å². The number of benzene rings is 3. The number of piperidine rings is 1. The number of anilines is 5. The number of hydrogen-bond donors (Lipinski definition) is 3. The minimum atomic E-state index is -0.815. The molecule has 18 heteroatoms. The Morgan fingerprint density at radius 1 is 0.789 bits per heavy atom. The van der Waals surface area contributed by atoms with Gasteiger partial charge in [-0.3, -0.25) is 19.3 Å². The highest BCUT2D eigenvalue weighted by Crippen LogP contribution is 2.35. The molecule has 0 radical (unpaired) electrons. The molecule has 3 aromatic carbocycles. The Labute approximate surface area is 448 Å². The number of piperazine rings is 2. The van der Waals surface area contributed by atoms with Gasteiger partial charge < -0.3 is 44.8 Å². The van der Waals surface area contributed by atoms with Crippen molar-refractivity contribution in [2.24, 2.45) is 11.8 Å². The first-order chi connectivity index (χ1) is 36.8. The summed E-state index contributed by atoms with van der Waals surface area (Å²) < 4.78 is 21.4. The molecule has 7 heterocycles. The predicted octanol–water partition coefficient (Wildman–Crippen LogP) is 8.23. The molecule has 4 aliphatic heterocycles. The van der Waals surface area contributed by atoms with Crippen LogP contribution in [0.2, 0.25) is 0 Å². The normalized spacial score (nSPS) is 19.5. The highest BCUT2D eigenvalue weighted by molar-refractivity contribution is 7.13. The molecule has 0 spiro atoms. The molecule has 0 saturated carbocycles. The van der Waals surface area contributed by atoms with Crippen molar-refractivity contribution in [1.29, 1.82) is 0 Å². The lowest BCUT2D eigenvalue weighted by Gasteiger charge is -2.37. The van der Waals surface area contributed by atoms with Gasteiger partial charge in [0.1, 0.15) is 23.6 Å². The number of nitrogens with one attached hydrogen (secondary N) is 2. The molecule has 4 atom stereocenters. The lowest BCUT2D eigenvalue weighted by molar-refractivity contribution is -0.141. The van der Waals surface area contributed by atoms with Gasteiger partial charge in [0.05, 0.1) is 33.8 Å². The standard InChI is InChI=1S/C58H70FN11O5S/c1-38(2)54(58(74)70-36-47(71)34-50(70)57(73)62-39(3)42-8-10-43(11-9-42)55-40(4)61-37-76-55)51-35-53(64-75-51)69-27-25-65(26-28-69)22-18-41-19-23-66(24-20-41)46-16-17-48(49(59)33-46)56(72)63-44-12-14-45(15-13-44)67-29-31-68(32-30-67)52-7-5-6-21-60-52/h5-17,21,33,35,37-39,41,47,50,54,71H,18-20,22-32,34,36H2,1-4H3,(H,62,73)(H,63,72)/t39-,47+,50-,54?/m0/s1. The SMILES string of the molecule is Cc1ncsc1-c1ccc([C@H](C)NC(=O)[C@@H]2C[C@@H](O)CN2C(=O)C(c2cc(N3CCN(CCC4CCN(c5ccc(C(=O)Nc6ccc(N7CCN(c8ccccn8)CC7)cc6)c(F)c5)CC4)CC3)no2)C(C)C)cc1. The number of rotatable bonds is 16. The summed E-state index contributed by atoms with van der Waals surface area (Å²) in [7, 11) is 0. The van der Waals surface area contributed by atoms with Crippen LogP contribution in [0, 0.1) is 24.6 Å². The molecule has 4 aliphatic rings. The number of β-amino-alcohol motifs (C(OH)–C–C–N with tert-alkyl or cyclic N) is 1. The molecule has 1 unspecified atom stereocenters. The van der Waals surface area contributed by atoms with Crippen LogP contribution in [0.1, 0.15) is 85.8 Å². The highest BCUT2D eigenvalue weighted by Gasteiger charge is 2.44. The van der Waals surface area contributed by atoms with Crippen LogP contribution >= 0.6 is 11.3 Å². The fraction of sp³-hybridized carbons (Fsp3) is 0.448. The van der Waals surface area contributed by atoms with Gasteiger partial charge in [0, 0.05) is 108 Å². The summed E-state index contributed by atoms with van der Waals surface area (Å²) in [4.78, 5) is 64.4. The second-order valence-corrected chi connectivity index (χ2v) is 22.1. The monoisotopic (exact) mass is 1050 g/mol. The fourth-order valence-corrected chi connectivity index (χ4v) is 12.1. The number of amides is 3. The van der Waals surface area contributed by atoms with Crippen LogP contribution in [-0.2, 0) is 9.59 Å². The number of nitrogens with zero attached hydrogens (tertiary/aromatic N) is 9. The summed E-state index contributed by atoms with van der Waals surface area (Å²) in [6.45, 7) is 17.3. The molecule has 3 amide bonds. The maximum absolute atomic E-state index is 15.5. The zero-order chi connectivity index (χ0) is 52.9. The number of pyridine rings is 1. The first-order valence-electron chi connectivity index (χ1n) is 26.9. The quantitative estimate of drug-likeness (QED) is 0.0850. The Balaban J connectivity index is 0.650. The van der Waals surface area contributed by atoms with Gasteiger partial charge >= 0.3 is 0 Å². The molecule has 6 aromatic rings. The molecule has 3 N–H and O–H groups in total. The molecule has 400 valence electrons. The summed E-state index contributed by atoms with van der Waals surface area (Å²) in [5.74, 6) is 0.334. The summed E-state index contributed by atoms with van der Waals surface area (Å²) >= 11 is 1.59. The Bertz CT molecular complexity index is 2910. The molecular weight excluding hydrogens is 982 g/mol. The van der Waals surface area contributed by atoms with E-state index in [2.05, 4.69) is 50.3 Å². The number of aryl methyl sites for hydroxylation is 1. The van der Waals surface area contributed by atoms with Gasteiger partial charge in [0.15, 0.2) is 11.6 Å². The smallest absolute Gasteiger partial charge is 0.258 e. The van der Waals surface area contributed by atoms with Crippen LogP contribution in [-0.4, -0.2) is 138 Å². The first-order valence-corrected chi connectivity index (χ1v) is 27.8. The summed E-state index contributed by atoms with van der Waals surface area (Å²) in [5, 5.41) is 21.2. The van der Waals surface area contributed by atoms with Crippen LogP contribution in [0.5, 0.6) is 0 Å². The molecule has 76 heavy (non-hydrogen) atoms. The van der Waals surface area contributed by atoms with Crippen LogP contribution in [0.3, 0.4) is 0 Å². The Kier molecular flexibility index (Phi) is 16.3. The Morgan fingerprint density at radius 3 is 2.14 bits per heavy atom. The zero-order valence-electron chi connectivity index (χ0n) is 44.0. The molecule has 0 bridgehead atoms. The molecule has 0 aliphatic carbocycles. The van der Waals surface area contributed by atoms with E-state index in [1.54, 1.807) is 17.4 Å². The van der Waals surface area contributed by atoms with E-state index >= 15 is 4.39 Å². The van der Waals surface area contributed by atoms with E-state index < -0.39 is 29.8 Å². The van der Waals surface area contributed by atoms with E-state index in [0.717, 1.165) is 130 Å². The number of thiazole rings is 1. The van der Waals surface area contributed by atoms with E-state index in [0.29, 0.717) is 23.2 Å². The van der Waals surface area contributed by atoms with Crippen LogP contribution < -0.4 is 30.2 Å². The second kappa shape index (κ2) is 23.6. The summed E-state index contributed by atoms with van der Waals surface area (Å²) in [6, 6.07) is 27.5. The molecular formula is C58H70FN11O5S. The number of carbonyl (C=O) groups is 3. The number of halogens is 1. The first kappa shape index (κ1) is 52.5. The number of aromatic nitrogens is 3. The van der Waals surface area contributed by atoms with E-state index in [4.69, 9.17) is 4.52 Å². The third-order valence-corrected chi connectivity index (χ3v) is 16.8. The average molecular weight is 1050 g/mol. The van der Waals surface area contributed by atoms with Crippen LogP contribution in [0.25, 0.3) is 10.4 Å². The Hall–Kier alpha value is -6.89. The lowest BCUT2D eigenvalue weighted by atomic mass is 9.91. The predicted molar refractivity (Wildman–Crippen MR) is 297 cm³/mol. The van der Waals surface area contributed by atoms with Crippen molar-refractivity contribution in [2.45, 2.75) is 77.5 Å². The van der Waals surface area contributed by atoms with Gasteiger partial charge in [-0.15, -0.1) is 11.3 Å². The van der Waals surface area contributed by atoms with Crippen molar-refractivity contribution in [3.05, 3.63) is 131 Å². The number of aliphatic hydroxyl groups is 1. The zero-order valence-corrected chi connectivity index (χ0v) is 44.8. The second-order valence-electron chi connectivity index (χ2n) is 21.2. The van der Waals surface area contributed by atoms with Crippen molar-refractivity contribution in [2.75, 3.05) is 103 Å². The maximum Gasteiger partial charge on any atom is 0.258 e. The van der Waals surface area contributed by atoms with Gasteiger partial charge in [-0.05, 0) is 117 Å². The summed E-state index contributed by atoms with van der Waals surface area (Å²) in [5.41, 5.74) is 7.34. The van der Waals surface area contributed by atoms with Gasteiger partial charge in [0.2, 0.25) is 11.8 Å². The van der Waals surface area contributed by atoms with Gasteiger partial charge in [-0.25, -0.2) is 14.4 Å². The fourth-order valence-electron chi connectivity index (χ4n) is 11.3. The number of carbonyl (C=O) groups excluding carboxylic acids is 3. The topological polar surface area (TPSA) is 167 Å². The third-order valence-electron chi connectivity index (χ3n) is 15.9. The van der Waals surface area contributed by atoms with Crippen LogP contribution in [0.15, 0.2) is 107 Å². The maximum atomic E-state index is 15.5. The number of hydrogen-bond acceptors (Lipinski definition) is 14. The van der Waals surface area contributed by atoms with E-state index in [1.165, 1.54) is 11.0 Å². The van der Waals surface area contributed by atoms with Gasteiger partial charge in [0.25, 0.3) is 5.91 Å². The van der Waals surface area contributed by atoms with Crippen molar-refractivity contribution in [3.63, 3.8) is 0 Å². The minimum Gasteiger partial charge on any atom is -0.391 e. The lowest BCUT2D eigenvalue weighted by Crippen LogP contribution is -2.48. The highest BCUT2D eigenvalue weighted by atomic mass is 32.1. The number of likely N-dealkylation sites (tertiary alicyclic amines) is 1. The molecule has 4 fully saturated rings. The average Bonchev–Trinajstić information content (AvgIpc) is 4.21. The number of aliphatic hydroxyl groups excluding tert-OH is 1. The van der Waals surface area contributed by atoms with Gasteiger partial charge in [-0.1, -0.05) is 49.3 Å². The molecule has 16 nitrogen and oxygen atoms in total. The van der Waals surface area contributed by atoms with Gasteiger partial charge in [-0.2, -0.15) is 0 Å². The van der Waals surface area contributed by atoms with E-state index in [1.807, 2.05) is 118 Å². The largest absolute Gasteiger partial charge is 0.391 e. The third kappa shape index (κ3) is 12.0. The van der Waals surface area contributed by atoms with E-state index in [9.17, 15) is 19.5 Å². The van der Waals surface area contributed by atoms with Crippen LogP contribution in [0.4, 0.5) is 33.1 Å². The van der Waals surface area contributed by atoms with E-state index in [-0.39, 0.29) is 42.3 Å². The van der Waals surface area contributed by atoms with Crippen molar-refractivity contribution >= 4 is 57.8 Å². The molecule has 4 saturated heterocycles. The molecule has 3 aromatic heterocycles. The molecule has 10 rings (SSSR count). The minimum absolute atomic E-state index is 0.0229. The Morgan fingerprint density at radius 2 is 1.47 bits per heavy atom. The summed E-state index contributed by atoms with van der Waals surface area (Å²) in [6.07, 6.45) is 4.28. The van der Waals surface area contributed by atoms with Crippen molar-refractivity contribution < 1.29 is 28.4 Å².